The van der Waals surface area contributed by atoms with Gasteiger partial charge in [-0.3, -0.25) is 0 Å². The van der Waals surface area contributed by atoms with E-state index in [4.69, 9.17) is 0 Å². The summed E-state index contributed by atoms with van der Waals surface area (Å²) >= 11 is 0. The summed E-state index contributed by atoms with van der Waals surface area (Å²) in [6.45, 7) is 15.0. The van der Waals surface area contributed by atoms with Crippen LogP contribution in [0.5, 0.6) is 0 Å². The van der Waals surface area contributed by atoms with E-state index in [1.54, 1.807) is 0 Å². The van der Waals surface area contributed by atoms with Gasteiger partial charge in [-0.1, -0.05) is 54.9 Å². The highest BCUT2D eigenvalue weighted by Gasteiger charge is 2.29. The molecule has 0 saturated heterocycles. The van der Waals surface area contributed by atoms with Gasteiger partial charge in [-0.2, -0.15) is 0 Å². The molecule has 0 aliphatic heterocycles. The Morgan fingerprint density at radius 1 is 0.833 bits per heavy atom. The molecule has 0 nitrogen and oxygen atoms in total. The Morgan fingerprint density at radius 2 is 1.17 bits per heavy atom. The SMILES string of the molecule is CC.CC.CC(C)(C)C1CCC1. The largest absolute Gasteiger partial charge is 0.0683 e. The lowest BCUT2D eigenvalue weighted by molar-refractivity contribution is 0.141. The van der Waals surface area contributed by atoms with Crippen molar-refractivity contribution >= 4 is 0 Å². The molecule has 0 aromatic rings. The summed E-state index contributed by atoms with van der Waals surface area (Å²) in [5.74, 6) is 1.03. The minimum Gasteiger partial charge on any atom is -0.0683 e. The molecule has 1 rings (SSSR count). The van der Waals surface area contributed by atoms with Gasteiger partial charge in [0.05, 0.1) is 0 Å². The summed E-state index contributed by atoms with van der Waals surface area (Å²) in [6.07, 6.45) is 4.43. The minimum absolute atomic E-state index is 0.595. The van der Waals surface area contributed by atoms with Gasteiger partial charge in [-0.25, -0.2) is 0 Å². The van der Waals surface area contributed by atoms with Gasteiger partial charge in [-0.05, 0) is 24.2 Å². The van der Waals surface area contributed by atoms with Crippen LogP contribution in [-0.2, 0) is 0 Å². The molecule has 0 heteroatoms. The third-order valence-electron chi connectivity index (χ3n) is 2.33. The van der Waals surface area contributed by atoms with Crippen molar-refractivity contribution in [3.05, 3.63) is 0 Å². The van der Waals surface area contributed by atoms with E-state index in [-0.39, 0.29) is 0 Å². The van der Waals surface area contributed by atoms with Crippen molar-refractivity contribution in [1.29, 1.82) is 0 Å². The lowest BCUT2D eigenvalue weighted by Crippen LogP contribution is -2.26. The summed E-state index contributed by atoms with van der Waals surface area (Å²) in [4.78, 5) is 0. The van der Waals surface area contributed by atoms with Crippen molar-refractivity contribution in [2.24, 2.45) is 11.3 Å². The van der Waals surface area contributed by atoms with Gasteiger partial charge >= 0.3 is 0 Å². The first-order valence-electron chi connectivity index (χ1n) is 5.61. The summed E-state index contributed by atoms with van der Waals surface area (Å²) in [6, 6.07) is 0. The third-order valence-corrected chi connectivity index (χ3v) is 2.33. The molecular weight excluding hydrogens is 144 g/mol. The monoisotopic (exact) mass is 172 g/mol. The Hall–Kier alpha value is 0. The normalized spacial score (nSPS) is 16.2. The van der Waals surface area contributed by atoms with Gasteiger partial charge < -0.3 is 0 Å². The molecule has 0 bridgehead atoms. The topological polar surface area (TPSA) is 0 Å². The lowest BCUT2D eigenvalue weighted by Gasteiger charge is -2.37. The first-order valence-corrected chi connectivity index (χ1v) is 5.61. The van der Waals surface area contributed by atoms with E-state index in [9.17, 15) is 0 Å². The fourth-order valence-corrected chi connectivity index (χ4v) is 1.27. The molecule has 0 amide bonds. The Bertz CT molecular complexity index is 72.5. The molecule has 0 atom stereocenters. The maximum Gasteiger partial charge on any atom is -0.0354 e. The van der Waals surface area contributed by atoms with Gasteiger partial charge in [-0.15, -0.1) is 0 Å². The van der Waals surface area contributed by atoms with Gasteiger partial charge in [0.2, 0.25) is 0 Å². The molecule has 0 N–H and O–H groups in total. The van der Waals surface area contributed by atoms with Crippen LogP contribution in [0.3, 0.4) is 0 Å². The smallest absolute Gasteiger partial charge is 0.0354 e. The van der Waals surface area contributed by atoms with Crippen molar-refractivity contribution in [1.82, 2.24) is 0 Å². The van der Waals surface area contributed by atoms with Crippen LogP contribution in [0.25, 0.3) is 0 Å². The fourth-order valence-electron chi connectivity index (χ4n) is 1.27. The number of hydrogen-bond donors (Lipinski definition) is 0. The molecule has 12 heavy (non-hydrogen) atoms. The van der Waals surface area contributed by atoms with Crippen LogP contribution in [0.2, 0.25) is 0 Å². The average molecular weight is 172 g/mol. The molecule has 1 fully saturated rings. The zero-order valence-corrected chi connectivity index (χ0v) is 10.2. The summed E-state index contributed by atoms with van der Waals surface area (Å²) < 4.78 is 0. The van der Waals surface area contributed by atoms with Gasteiger partial charge in [0.15, 0.2) is 0 Å². The molecule has 0 aromatic heterocycles. The first kappa shape index (κ1) is 14.5. The second kappa shape index (κ2) is 7.64. The van der Waals surface area contributed by atoms with Crippen LogP contribution in [0, 0.1) is 11.3 Å². The van der Waals surface area contributed by atoms with E-state index in [0.29, 0.717) is 5.41 Å². The quantitative estimate of drug-likeness (QED) is 0.488. The van der Waals surface area contributed by atoms with Crippen LogP contribution in [0.15, 0.2) is 0 Å². The molecule has 1 aliphatic carbocycles. The molecule has 0 unspecified atom stereocenters. The average Bonchev–Trinajstić information content (AvgIpc) is 1.89. The third kappa shape index (κ3) is 5.62. The van der Waals surface area contributed by atoms with Crippen molar-refractivity contribution in [3.63, 3.8) is 0 Å². The number of rotatable bonds is 0. The zero-order valence-electron chi connectivity index (χ0n) is 10.2. The molecule has 1 aliphatic rings. The Morgan fingerprint density at radius 3 is 1.17 bits per heavy atom. The van der Waals surface area contributed by atoms with Gasteiger partial charge in [0.25, 0.3) is 0 Å². The molecule has 0 spiro atoms. The van der Waals surface area contributed by atoms with Crippen LogP contribution >= 0.6 is 0 Å². The Kier molecular flexibility index (Phi) is 9.24. The zero-order chi connectivity index (χ0) is 10.2. The number of hydrogen-bond acceptors (Lipinski definition) is 0. The van der Waals surface area contributed by atoms with E-state index < -0.39 is 0 Å². The van der Waals surface area contributed by atoms with E-state index in [1.807, 2.05) is 27.7 Å². The highest BCUT2D eigenvalue weighted by atomic mass is 14.3. The highest BCUT2D eigenvalue weighted by Crippen LogP contribution is 2.40. The molecule has 0 heterocycles. The molecule has 0 radical (unpaired) electrons. The predicted molar refractivity (Wildman–Crippen MR) is 59.5 cm³/mol. The van der Waals surface area contributed by atoms with Crippen LogP contribution < -0.4 is 0 Å². The van der Waals surface area contributed by atoms with E-state index >= 15 is 0 Å². The van der Waals surface area contributed by atoms with E-state index in [0.717, 1.165) is 5.92 Å². The maximum absolute atomic E-state index is 2.34. The highest BCUT2D eigenvalue weighted by molar-refractivity contribution is 4.80. The summed E-state index contributed by atoms with van der Waals surface area (Å²) in [7, 11) is 0. The van der Waals surface area contributed by atoms with Crippen molar-refractivity contribution in [2.75, 3.05) is 0 Å². The van der Waals surface area contributed by atoms with Crippen molar-refractivity contribution in [2.45, 2.75) is 67.7 Å². The van der Waals surface area contributed by atoms with Crippen LogP contribution in [0.1, 0.15) is 67.7 Å². The lowest BCUT2D eigenvalue weighted by atomic mass is 9.69. The Labute approximate surface area is 79.8 Å². The van der Waals surface area contributed by atoms with E-state index in [1.165, 1.54) is 19.3 Å². The van der Waals surface area contributed by atoms with Crippen LogP contribution in [0.4, 0.5) is 0 Å². The molecular formula is C12H28. The predicted octanol–water partition coefficient (Wildman–Crippen LogP) is 4.89. The molecule has 0 aromatic carbocycles. The summed E-state index contributed by atoms with van der Waals surface area (Å²) in [5, 5.41) is 0. The van der Waals surface area contributed by atoms with Gasteiger partial charge in [0.1, 0.15) is 0 Å². The van der Waals surface area contributed by atoms with Crippen molar-refractivity contribution < 1.29 is 0 Å². The van der Waals surface area contributed by atoms with Crippen LogP contribution in [-0.4, -0.2) is 0 Å². The molecule has 76 valence electrons. The standard InChI is InChI=1S/C8H16.2C2H6/c1-8(2,3)7-5-4-6-7;2*1-2/h7H,4-6H2,1-3H3;2*1-2H3. The van der Waals surface area contributed by atoms with Gasteiger partial charge in [0, 0.05) is 0 Å². The second-order valence-corrected chi connectivity index (χ2v) is 3.99. The first-order chi connectivity index (χ1) is 5.61. The van der Waals surface area contributed by atoms with Crippen molar-refractivity contribution in [3.8, 4) is 0 Å². The second-order valence-electron chi connectivity index (χ2n) is 3.99. The minimum atomic E-state index is 0.595. The molecule has 1 saturated carbocycles. The maximum atomic E-state index is 2.34. The fraction of sp³-hybridized carbons (Fsp3) is 1.00. The van der Waals surface area contributed by atoms with E-state index in [2.05, 4.69) is 20.8 Å². The Balaban J connectivity index is 0. The summed E-state index contributed by atoms with van der Waals surface area (Å²) in [5.41, 5.74) is 0.595.